The number of benzene rings is 1. The zero-order valence-electron chi connectivity index (χ0n) is 13.1. The summed E-state index contributed by atoms with van der Waals surface area (Å²) < 4.78 is 1.63. The molecule has 22 heavy (non-hydrogen) atoms. The Kier molecular flexibility index (Phi) is 4.78. The number of rotatable bonds is 4. The molecule has 0 radical (unpaired) electrons. The molecule has 0 bridgehead atoms. The molecule has 2 aromatic rings. The maximum Gasteiger partial charge on any atom is 0.270 e. The van der Waals surface area contributed by atoms with Gasteiger partial charge in [0.1, 0.15) is 5.56 Å². The number of carbonyl (C=O) groups excluding carboxylic acids is 1. The summed E-state index contributed by atoms with van der Waals surface area (Å²) >= 11 is 0. The molecule has 0 aliphatic rings. The Balaban J connectivity index is 2.65. The molecular weight excluding hydrogens is 278 g/mol. The van der Waals surface area contributed by atoms with Crippen LogP contribution >= 0.6 is 0 Å². The average molecular weight is 299 g/mol. The third-order valence-electron chi connectivity index (χ3n) is 3.80. The summed E-state index contributed by atoms with van der Waals surface area (Å²) in [5.41, 5.74) is 5.89. The van der Waals surface area contributed by atoms with E-state index in [1.807, 2.05) is 38.3 Å². The maximum absolute atomic E-state index is 12.6. The molecule has 116 valence electrons. The fraction of sp³-hybridized carbons (Fsp3) is 0.294. The predicted octanol–water partition coefficient (Wildman–Crippen LogP) is 2.15. The van der Waals surface area contributed by atoms with Gasteiger partial charge in [-0.2, -0.15) is 0 Å². The first kappa shape index (κ1) is 16.0. The Bertz CT molecular complexity index is 763. The van der Waals surface area contributed by atoms with Gasteiger partial charge in [-0.1, -0.05) is 19.1 Å². The molecule has 1 heterocycles. The van der Waals surface area contributed by atoms with Crippen molar-refractivity contribution in [2.75, 3.05) is 0 Å². The number of hydrogen-bond donors (Lipinski definition) is 2. The molecule has 1 amide bonds. The van der Waals surface area contributed by atoms with Gasteiger partial charge in [-0.15, -0.1) is 0 Å². The van der Waals surface area contributed by atoms with Gasteiger partial charge in [-0.3, -0.25) is 15.0 Å². The van der Waals surface area contributed by atoms with Crippen molar-refractivity contribution in [3.63, 3.8) is 0 Å². The smallest absolute Gasteiger partial charge is 0.270 e. The molecule has 0 atom stereocenters. The first-order valence-electron chi connectivity index (χ1n) is 7.32. The first-order chi connectivity index (χ1) is 10.5. The highest BCUT2D eigenvalue weighted by Crippen LogP contribution is 2.22. The molecule has 2 rings (SSSR count). The van der Waals surface area contributed by atoms with Crippen LogP contribution in [0.25, 0.3) is 11.3 Å². The lowest BCUT2D eigenvalue weighted by atomic mass is 10.0. The number of carbonyl (C=O) groups is 1. The van der Waals surface area contributed by atoms with Crippen LogP contribution in [0, 0.1) is 13.8 Å². The van der Waals surface area contributed by atoms with Crippen molar-refractivity contribution < 1.29 is 4.79 Å². The summed E-state index contributed by atoms with van der Waals surface area (Å²) in [5, 5.41) is 0. The molecule has 0 saturated heterocycles. The number of hydrazine groups is 1. The maximum atomic E-state index is 12.6. The Morgan fingerprint density at radius 3 is 2.50 bits per heavy atom. The van der Waals surface area contributed by atoms with Crippen molar-refractivity contribution in [2.24, 2.45) is 5.84 Å². The number of nitrogens with one attached hydrogen (secondary N) is 1. The molecule has 0 aliphatic heterocycles. The van der Waals surface area contributed by atoms with E-state index < -0.39 is 5.91 Å². The van der Waals surface area contributed by atoms with Gasteiger partial charge in [0.05, 0.1) is 5.69 Å². The quantitative estimate of drug-likeness (QED) is 0.516. The van der Waals surface area contributed by atoms with E-state index in [0.29, 0.717) is 6.54 Å². The molecular formula is C17H21N3O2. The Morgan fingerprint density at radius 2 is 1.91 bits per heavy atom. The summed E-state index contributed by atoms with van der Waals surface area (Å²) in [6, 6.07) is 9.41. The molecule has 1 aromatic heterocycles. The van der Waals surface area contributed by atoms with Crippen LogP contribution in [0.3, 0.4) is 0 Å². The molecule has 3 N–H and O–H groups in total. The van der Waals surface area contributed by atoms with E-state index >= 15 is 0 Å². The van der Waals surface area contributed by atoms with E-state index in [2.05, 4.69) is 6.07 Å². The molecule has 0 aliphatic carbocycles. The lowest BCUT2D eigenvalue weighted by Gasteiger charge is -2.15. The molecule has 0 unspecified atom stereocenters. The second kappa shape index (κ2) is 6.58. The number of pyridine rings is 1. The van der Waals surface area contributed by atoms with Gasteiger partial charge < -0.3 is 4.57 Å². The SMILES string of the molecule is CCCn1c(-c2ccc(C)c(C)c2)ccc(C(=O)NN)c1=O. The van der Waals surface area contributed by atoms with E-state index in [1.165, 1.54) is 11.6 Å². The topological polar surface area (TPSA) is 77.1 Å². The molecule has 0 spiro atoms. The van der Waals surface area contributed by atoms with Crippen LogP contribution in [0.4, 0.5) is 0 Å². The van der Waals surface area contributed by atoms with Gasteiger partial charge in [-0.25, -0.2) is 5.84 Å². The second-order valence-electron chi connectivity index (χ2n) is 5.36. The number of nitrogens with zero attached hydrogens (tertiary/aromatic N) is 1. The van der Waals surface area contributed by atoms with Gasteiger partial charge in [-0.05, 0) is 55.2 Å². The minimum absolute atomic E-state index is 0.0588. The third-order valence-corrected chi connectivity index (χ3v) is 3.80. The van der Waals surface area contributed by atoms with Crippen LogP contribution in [0.1, 0.15) is 34.8 Å². The van der Waals surface area contributed by atoms with Crippen LogP contribution in [0.2, 0.25) is 0 Å². The third kappa shape index (κ3) is 2.94. The molecule has 5 nitrogen and oxygen atoms in total. The van der Waals surface area contributed by atoms with Crippen LogP contribution in [-0.4, -0.2) is 10.5 Å². The minimum atomic E-state index is -0.568. The van der Waals surface area contributed by atoms with Crippen LogP contribution < -0.4 is 16.8 Å². The summed E-state index contributed by atoms with van der Waals surface area (Å²) in [4.78, 5) is 24.2. The predicted molar refractivity (Wildman–Crippen MR) is 87.6 cm³/mol. The molecule has 0 saturated carbocycles. The van der Waals surface area contributed by atoms with E-state index in [1.54, 1.807) is 10.6 Å². The van der Waals surface area contributed by atoms with Crippen molar-refractivity contribution >= 4 is 5.91 Å². The largest absolute Gasteiger partial charge is 0.308 e. The van der Waals surface area contributed by atoms with Gasteiger partial charge in [0, 0.05) is 6.54 Å². The number of aryl methyl sites for hydroxylation is 2. The van der Waals surface area contributed by atoms with Crippen molar-refractivity contribution in [2.45, 2.75) is 33.7 Å². The normalized spacial score (nSPS) is 10.5. The van der Waals surface area contributed by atoms with Crippen LogP contribution in [0.15, 0.2) is 35.1 Å². The fourth-order valence-corrected chi connectivity index (χ4v) is 2.43. The first-order valence-corrected chi connectivity index (χ1v) is 7.32. The summed E-state index contributed by atoms with van der Waals surface area (Å²) in [7, 11) is 0. The summed E-state index contributed by atoms with van der Waals surface area (Å²) in [6.45, 7) is 6.63. The van der Waals surface area contributed by atoms with Crippen molar-refractivity contribution in [3.8, 4) is 11.3 Å². The van der Waals surface area contributed by atoms with Gasteiger partial charge >= 0.3 is 0 Å². The number of amides is 1. The number of nitrogens with two attached hydrogens (primary N) is 1. The lowest BCUT2D eigenvalue weighted by Crippen LogP contribution is -2.36. The highest BCUT2D eigenvalue weighted by Gasteiger charge is 2.15. The Labute approximate surface area is 129 Å². The van der Waals surface area contributed by atoms with Crippen molar-refractivity contribution in [1.82, 2.24) is 9.99 Å². The van der Waals surface area contributed by atoms with Gasteiger partial charge in [0.15, 0.2) is 0 Å². The highest BCUT2D eigenvalue weighted by molar-refractivity contribution is 5.93. The van der Waals surface area contributed by atoms with Crippen molar-refractivity contribution in [3.05, 3.63) is 57.4 Å². The minimum Gasteiger partial charge on any atom is -0.308 e. The van der Waals surface area contributed by atoms with Crippen molar-refractivity contribution in [1.29, 1.82) is 0 Å². The Hall–Kier alpha value is -2.40. The number of nitrogen functional groups attached to an aromatic ring is 1. The second-order valence-corrected chi connectivity index (χ2v) is 5.36. The summed E-state index contributed by atoms with van der Waals surface area (Å²) in [5.74, 6) is 4.57. The van der Waals surface area contributed by atoms with E-state index in [0.717, 1.165) is 23.2 Å². The van der Waals surface area contributed by atoms with Gasteiger partial charge in [0.25, 0.3) is 11.5 Å². The average Bonchev–Trinajstić information content (AvgIpc) is 2.51. The standard InChI is InChI=1S/C17H21N3O2/c1-4-9-20-15(13-6-5-11(2)12(3)10-13)8-7-14(17(20)22)16(21)19-18/h5-8,10H,4,9,18H2,1-3H3,(H,19,21). The van der Waals surface area contributed by atoms with E-state index in [9.17, 15) is 9.59 Å². The van der Waals surface area contributed by atoms with E-state index in [4.69, 9.17) is 5.84 Å². The van der Waals surface area contributed by atoms with Crippen LogP contribution in [-0.2, 0) is 6.54 Å². The Morgan fingerprint density at radius 1 is 1.18 bits per heavy atom. The zero-order valence-corrected chi connectivity index (χ0v) is 13.1. The summed E-state index contributed by atoms with van der Waals surface area (Å²) in [6.07, 6.45) is 0.797. The van der Waals surface area contributed by atoms with E-state index in [-0.39, 0.29) is 11.1 Å². The number of hydrogen-bond acceptors (Lipinski definition) is 3. The molecule has 1 aromatic carbocycles. The monoisotopic (exact) mass is 299 g/mol. The van der Waals surface area contributed by atoms with Crippen LogP contribution in [0.5, 0.6) is 0 Å². The number of aromatic nitrogens is 1. The van der Waals surface area contributed by atoms with Gasteiger partial charge in [0.2, 0.25) is 0 Å². The zero-order chi connectivity index (χ0) is 16.3. The fourth-order valence-electron chi connectivity index (χ4n) is 2.43. The molecule has 5 heteroatoms. The molecule has 0 fully saturated rings. The lowest BCUT2D eigenvalue weighted by molar-refractivity contribution is 0.0951. The highest BCUT2D eigenvalue weighted by atomic mass is 16.2.